The van der Waals surface area contributed by atoms with Crippen LogP contribution in [0, 0.1) is 22.7 Å². The number of carbonyl (C=O) groups excluding carboxylic acids is 8. The van der Waals surface area contributed by atoms with Crippen molar-refractivity contribution >= 4 is 47.8 Å². The fraction of sp³-hybridized carbons (Fsp3) is 0.525. The number of ether oxygens (including phenoxy) is 8. The third-order valence-corrected chi connectivity index (χ3v) is 16.0. The molecule has 2 amide bonds. The van der Waals surface area contributed by atoms with Crippen molar-refractivity contribution < 1.29 is 81.4 Å². The van der Waals surface area contributed by atoms with Gasteiger partial charge < -0.3 is 53.6 Å². The van der Waals surface area contributed by atoms with Gasteiger partial charge in [-0.1, -0.05) is 99.1 Å². The van der Waals surface area contributed by atoms with Crippen LogP contribution < -0.4 is 10.6 Å². The number of aliphatic hydroxyl groups is 1. The molecular formula is C59H70N2O17. The van der Waals surface area contributed by atoms with Gasteiger partial charge in [0.2, 0.25) is 6.10 Å². The molecular weight excluding hydrogens is 1010 g/mol. The number of unbranched alkanes of at least 4 members (excludes halogenated alkanes) is 2. The number of ketones is 1. The summed E-state index contributed by atoms with van der Waals surface area (Å²) in [5.74, 6) is -6.71. The average molecular weight is 1080 g/mol. The number of carbonyl (C=O) groups is 8. The van der Waals surface area contributed by atoms with Crippen LogP contribution in [0.25, 0.3) is 0 Å². The van der Waals surface area contributed by atoms with E-state index in [1.165, 1.54) is 19.1 Å². The summed E-state index contributed by atoms with van der Waals surface area (Å²) in [6.45, 7) is 12.2. The smallest absolute Gasteiger partial charge is 0.408 e. The van der Waals surface area contributed by atoms with Crippen LogP contribution >= 0.6 is 0 Å². The van der Waals surface area contributed by atoms with E-state index in [9.17, 15) is 33.9 Å². The molecule has 19 heteroatoms. The highest BCUT2D eigenvalue weighted by atomic mass is 16.6. The lowest BCUT2D eigenvalue weighted by Gasteiger charge is -2.64. The zero-order chi connectivity index (χ0) is 56.4. The Morgan fingerprint density at radius 2 is 1.46 bits per heavy atom. The number of esters is 5. The van der Waals surface area contributed by atoms with Crippen molar-refractivity contribution in [1.29, 1.82) is 0 Å². The molecule has 78 heavy (non-hydrogen) atoms. The van der Waals surface area contributed by atoms with Gasteiger partial charge in [0.05, 0.1) is 18.1 Å². The average Bonchev–Trinajstić information content (AvgIpc) is 4.27. The number of rotatable bonds is 18. The Morgan fingerprint density at radius 3 is 2.08 bits per heavy atom. The van der Waals surface area contributed by atoms with E-state index in [0.717, 1.165) is 12.5 Å². The Labute approximate surface area is 453 Å². The molecule has 1 unspecified atom stereocenters. The Kier molecular flexibility index (Phi) is 16.6. The Balaban J connectivity index is 1.15. The molecule has 1 aliphatic heterocycles. The first-order valence-electron chi connectivity index (χ1n) is 26.5. The number of amides is 2. The number of alkyl carbamates (subject to hydrolysis) is 2. The normalized spacial score (nSPS) is 28.1. The number of Topliss-reactive ketones (excluding diaryl/α,β-unsaturated/α-hetero) is 1. The number of benzene rings is 3. The molecule has 0 radical (unpaired) electrons. The summed E-state index contributed by atoms with van der Waals surface area (Å²) in [5.41, 5.74) is -6.49. The minimum absolute atomic E-state index is 0.0842. The van der Waals surface area contributed by atoms with E-state index in [0.29, 0.717) is 18.4 Å². The summed E-state index contributed by atoms with van der Waals surface area (Å²) in [6.07, 6.45) is -8.16. The van der Waals surface area contributed by atoms with Crippen molar-refractivity contribution in [3.63, 3.8) is 0 Å². The molecule has 5 aliphatic rings. The minimum Gasteiger partial charge on any atom is -0.455 e. The van der Waals surface area contributed by atoms with Crippen molar-refractivity contribution in [2.75, 3.05) is 13.2 Å². The predicted molar refractivity (Wildman–Crippen MR) is 277 cm³/mol. The van der Waals surface area contributed by atoms with Crippen LogP contribution in [-0.2, 0) is 68.5 Å². The van der Waals surface area contributed by atoms with Crippen molar-refractivity contribution in [3.05, 3.63) is 119 Å². The lowest BCUT2D eigenvalue weighted by molar-refractivity contribution is -0.323. The van der Waals surface area contributed by atoms with E-state index in [-0.39, 0.29) is 62.2 Å². The van der Waals surface area contributed by atoms with E-state index in [4.69, 9.17) is 37.9 Å². The summed E-state index contributed by atoms with van der Waals surface area (Å²) >= 11 is 0. The van der Waals surface area contributed by atoms with E-state index in [2.05, 4.69) is 10.6 Å². The van der Waals surface area contributed by atoms with Gasteiger partial charge in [0, 0.05) is 44.1 Å². The molecule has 8 rings (SSSR count). The largest absolute Gasteiger partial charge is 0.455 e. The molecule has 1 heterocycles. The zero-order valence-electron chi connectivity index (χ0n) is 45.3. The summed E-state index contributed by atoms with van der Waals surface area (Å²) in [5, 5.41) is 19.4. The Morgan fingerprint density at radius 1 is 0.808 bits per heavy atom. The second-order valence-electron chi connectivity index (χ2n) is 22.6. The number of hydrogen-bond acceptors (Lipinski definition) is 17. The van der Waals surface area contributed by atoms with Gasteiger partial charge >= 0.3 is 42.0 Å². The van der Waals surface area contributed by atoms with Crippen LogP contribution in [-0.4, -0.2) is 113 Å². The first kappa shape index (κ1) is 57.1. The molecule has 4 fully saturated rings. The highest BCUT2D eigenvalue weighted by molar-refractivity contribution is 5.98. The molecule has 3 N–H and O–H groups in total. The van der Waals surface area contributed by atoms with Gasteiger partial charge in [-0.15, -0.1) is 0 Å². The molecule has 3 aromatic rings. The SMILES string of the molecule is CC(=O)O[C@H]1C(=O)[C@]23C[C@H]2C[C@H]2OC[C@@]2(OC(C)=O)[C@H]3[C@H](OC(=O)c2ccccc2)[C@]2(O)CC(OC(=O)[C@H](OC(=O)CCCCCNC(=O)OCc3ccccc3)[C@@H](NC(=O)OC(C)(C)C)c3ccccc3)C(C)=C1C2(C)C. The van der Waals surface area contributed by atoms with Gasteiger partial charge in [-0.05, 0) is 93.7 Å². The van der Waals surface area contributed by atoms with Crippen LogP contribution in [0.3, 0.4) is 0 Å². The van der Waals surface area contributed by atoms with E-state index in [1.54, 1.807) is 90.1 Å². The highest BCUT2D eigenvalue weighted by Crippen LogP contribution is 2.74. The Hall–Kier alpha value is -7.12. The maximum absolute atomic E-state index is 15.8. The van der Waals surface area contributed by atoms with Crippen molar-refractivity contribution in [2.24, 2.45) is 22.7 Å². The van der Waals surface area contributed by atoms with Gasteiger partial charge in [-0.3, -0.25) is 19.2 Å². The number of fused-ring (bicyclic) bond motifs is 4. The molecule has 19 nitrogen and oxygen atoms in total. The van der Waals surface area contributed by atoms with Crippen LogP contribution in [0.1, 0.15) is 128 Å². The maximum atomic E-state index is 15.8. The predicted octanol–water partition coefficient (Wildman–Crippen LogP) is 7.51. The van der Waals surface area contributed by atoms with Crippen LogP contribution in [0.4, 0.5) is 9.59 Å². The van der Waals surface area contributed by atoms with E-state index in [1.807, 2.05) is 30.3 Å². The third-order valence-electron chi connectivity index (χ3n) is 16.0. The summed E-state index contributed by atoms with van der Waals surface area (Å²) < 4.78 is 48.3. The van der Waals surface area contributed by atoms with Gasteiger partial charge in [-0.25, -0.2) is 19.2 Å². The topological polar surface area (TPSA) is 255 Å². The lowest BCUT2D eigenvalue weighted by atomic mass is 9.48. The molecule has 11 atom stereocenters. The van der Waals surface area contributed by atoms with Crippen molar-refractivity contribution in [2.45, 2.75) is 160 Å². The monoisotopic (exact) mass is 1080 g/mol. The fourth-order valence-electron chi connectivity index (χ4n) is 12.3. The molecule has 3 aromatic carbocycles. The van der Waals surface area contributed by atoms with E-state index >= 15 is 9.59 Å². The van der Waals surface area contributed by atoms with Crippen LogP contribution in [0.5, 0.6) is 0 Å². The first-order valence-corrected chi connectivity index (χ1v) is 26.5. The van der Waals surface area contributed by atoms with Gasteiger partial charge in [0.15, 0.2) is 17.5 Å². The summed E-state index contributed by atoms with van der Waals surface area (Å²) in [7, 11) is 0. The molecule has 2 bridgehead atoms. The van der Waals surface area contributed by atoms with Gasteiger partial charge in [0.1, 0.15) is 42.2 Å². The maximum Gasteiger partial charge on any atom is 0.408 e. The Bertz CT molecular complexity index is 2800. The second-order valence-corrected chi connectivity index (χ2v) is 22.6. The summed E-state index contributed by atoms with van der Waals surface area (Å²) in [4.78, 5) is 112. The first-order chi connectivity index (χ1) is 36.9. The standard InChI is InChI=1S/C59H70N2O17/c1-34-41(74-52(67)47(45(38-23-15-10-16-24-38)61-54(69)78-55(4,5)6)75-43(64)27-19-12-20-28-60-53(68)71-32-37-21-13-9-14-22-37)31-59(70)50(76-51(66)39-25-17-11-18-26-39)48-57(49(65)46(73-35(2)62)44(34)56(59,7)8)30-40(57)29-42-58(48,33-72-42)77-36(3)63/h9-11,13-18,21-26,40-42,45-48,50,70H,12,19-20,27-33H2,1-8H3,(H,60,68)(H,61,69)/t40-,41?,42-,45+,46-,47-,48+,50+,57-,58+,59-/m1/s1. The molecule has 4 aliphatic carbocycles. The molecule has 3 saturated carbocycles. The van der Waals surface area contributed by atoms with E-state index < -0.39 is 130 Å². The molecule has 1 spiro atoms. The van der Waals surface area contributed by atoms with Gasteiger partial charge in [0.25, 0.3) is 0 Å². The minimum atomic E-state index is -2.33. The molecule has 0 aromatic heterocycles. The van der Waals surface area contributed by atoms with Gasteiger partial charge in [-0.2, -0.15) is 0 Å². The molecule has 418 valence electrons. The quantitative estimate of drug-likeness (QED) is 0.0482. The van der Waals surface area contributed by atoms with Crippen LogP contribution in [0.2, 0.25) is 0 Å². The highest BCUT2D eigenvalue weighted by Gasteiger charge is 2.84. The number of nitrogens with one attached hydrogen (secondary N) is 2. The third kappa shape index (κ3) is 11.5. The van der Waals surface area contributed by atoms with Crippen LogP contribution in [0.15, 0.2) is 102 Å². The zero-order valence-corrected chi connectivity index (χ0v) is 45.3. The van der Waals surface area contributed by atoms with Crippen molar-refractivity contribution in [3.8, 4) is 0 Å². The molecule has 1 saturated heterocycles. The fourth-order valence-corrected chi connectivity index (χ4v) is 12.3. The second kappa shape index (κ2) is 22.7. The van der Waals surface area contributed by atoms with Crippen molar-refractivity contribution in [1.82, 2.24) is 10.6 Å². The number of hydrogen-bond donors (Lipinski definition) is 3. The lowest BCUT2D eigenvalue weighted by Crippen LogP contribution is -2.78. The summed E-state index contributed by atoms with van der Waals surface area (Å²) in [6, 6.07) is 24.0.